The lowest BCUT2D eigenvalue weighted by atomic mass is 10.1. The highest BCUT2D eigenvalue weighted by Gasteiger charge is 2.22. The Balaban J connectivity index is 1.66. The number of carbonyl (C=O) groups is 1. The molecule has 4 aromatic rings. The second-order valence-corrected chi connectivity index (χ2v) is 7.38. The standard InChI is InChI=1S/C23H24N6O/c1-4-18-7-9-19(10-8-18)14-28(15-20-6-5-11-24-13-20)22(30)21-26-23-25-16(2)12-17(3)29(23)27-21/h5-13H,4,14-15H2,1-3H3. The van der Waals surface area contributed by atoms with Gasteiger partial charge in [0.15, 0.2) is 0 Å². The fraction of sp³-hybridized carbons (Fsp3) is 0.261. The van der Waals surface area contributed by atoms with Crippen LogP contribution in [0.25, 0.3) is 5.78 Å². The van der Waals surface area contributed by atoms with Crippen LogP contribution < -0.4 is 0 Å². The van der Waals surface area contributed by atoms with Crippen molar-refractivity contribution in [3.63, 3.8) is 0 Å². The number of hydrogen-bond donors (Lipinski definition) is 0. The summed E-state index contributed by atoms with van der Waals surface area (Å²) in [4.78, 5) is 28.1. The van der Waals surface area contributed by atoms with E-state index in [2.05, 4.69) is 51.2 Å². The van der Waals surface area contributed by atoms with E-state index in [-0.39, 0.29) is 11.7 Å². The van der Waals surface area contributed by atoms with Crippen LogP contribution in [0.15, 0.2) is 54.9 Å². The van der Waals surface area contributed by atoms with Gasteiger partial charge in [-0.3, -0.25) is 9.78 Å². The van der Waals surface area contributed by atoms with Crippen molar-refractivity contribution in [2.24, 2.45) is 0 Å². The van der Waals surface area contributed by atoms with E-state index in [1.165, 1.54) is 5.56 Å². The Morgan fingerprint density at radius 1 is 1.00 bits per heavy atom. The third kappa shape index (κ3) is 4.20. The molecule has 3 heterocycles. The number of pyridine rings is 1. The van der Waals surface area contributed by atoms with Gasteiger partial charge in [-0.1, -0.05) is 37.3 Å². The molecule has 0 radical (unpaired) electrons. The highest BCUT2D eigenvalue weighted by Crippen LogP contribution is 2.15. The maximum Gasteiger partial charge on any atom is 0.294 e. The molecule has 3 aromatic heterocycles. The molecular formula is C23H24N6O. The molecule has 30 heavy (non-hydrogen) atoms. The van der Waals surface area contributed by atoms with Crippen molar-refractivity contribution in [1.82, 2.24) is 29.5 Å². The second-order valence-electron chi connectivity index (χ2n) is 7.38. The summed E-state index contributed by atoms with van der Waals surface area (Å²) in [5.41, 5.74) is 5.00. The molecular weight excluding hydrogens is 376 g/mol. The molecule has 7 nitrogen and oxygen atoms in total. The number of benzene rings is 1. The molecule has 0 bridgehead atoms. The van der Waals surface area contributed by atoms with Gasteiger partial charge in [0.05, 0.1) is 0 Å². The van der Waals surface area contributed by atoms with E-state index in [4.69, 9.17) is 0 Å². The molecule has 0 saturated carbocycles. The summed E-state index contributed by atoms with van der Waals surface area (Å²) in [5, 5.41) is 4.42. The number of aryl methyl sites for hydroxylation is 3. The maximum atomic E-state index is 13.4. The van der Waals surface area contributed by atoms with E-state index in [9.17, 15) is 4.79 Å². The summed E-state index contributed by atoms with van der Waals surface area (Å²) in [7, 11) is 0. The lowest BCUT2D eigenvalue weighted by Gasteiger charge is -2.21. The first-order valence-corrected chi connectivity index (χ1v) is 10.0. The van der Waals surface area contributed by atoms with Crippen molar-refractivity contribution in [3.05, 3.63) is 88.8 Å². The third-order valence-corrected chi connectivity index (χ3v) is 5.00. The molecule has 0 N–H and O–H groups in total. The number of nitrogens with zero attached hydrogens (tertiary/aromatic N) is 6. The van der Waals surface area contributed by atoms with Crippen LogP contribution in [-0.2, 0) is 19.5 Å². The normalized spacial score (nSPS) is 11.0. The van der Waals surface area contributed by atoms with E-state index in [0.29, 0.717) is 18.9 Å². The molecule has 1 amide bonds. The second kappa shape index (κ2) is 8.41. The maximum absolute atomic E-state index is 13.4. The lowest BCUT2D eigenvalue weighted by molar-refractivity contribution is 0.0717. The van der Waals surface area contributed by atoms with Crippen molar-refractivity contribution < 1.29 is 4.79 Å². The van der Waals surface area contributed by atoms with Crippen LogP contribution >= 0.6 is 0 Å². The number of rotatable bonds is 6. The molecule has 4 rings (SSSR count). The van der Waals surface area contributed by atoms with Crippen LogP contribution in [0.4, 0.5) is 0 Å². The van der Waals surface area contributed by atoms with Crippen LogP contribution in [-0.4, -0.2) is 35.4 Å². The summed E-state index contributed by atoms with van der Waals surface area (Å²) < 4.78 is 1.61. The van der Waals surface area contributed by atoms with Crippen molar-refractivity contribution in [1.29, 1.82) is 0 Å². The SMILES string of the molecule is CCc1ccc(CN(Cc2cccnc2)C(=O)c2nc3nc(C)cc(C)n3n2)cc1. The monoisotopic (exact) mass is 400 g/mol. The van der Waals surface area contributed by atoms with Crippen molar-refractivity contribution in [3.8, 4) is 0 Å². The van der Waals surface area contributed by atoms with Crippen molar-refractivity contribution in [2.45, 2.75) is 40.3 Å². The van der Waals surface area contributed by atoms with Crippen molar-refractivity contribution in [2.75, 3.05) is 0 Å². The average molecular weight is 400 g/mol. The zero-order valence-electron chi connectivity index (χ0n) is 17.4. The molecule has 0 aliphatic carbocycles. The summed E-state index contributed by atoms with van der Waals surface area (Å²) in [6, 6.07) is 14.1. The first-order chi connectivity index (χ1) is 14.5. The summed E-state index contributed by atoms with van der Waals surface area (Å²) >= 11 is 0. The van der Waals surface area contributed by atoms with E-state index in [1.807, 2.05) is 32.0 Å². The van der Waals surface area contributed by atoms with E-state index in [1.54, 1.807) is 21.8 Å². The fourth-order valence-corrected chi connectivity index (χ4v) is 3.41. The Bertz CT molecular complexity index is 1170. The number of aromatic nitrogens is 5. The van der Waals surface area contributed by atoms with Crippen molar-refractivity contribution >= 4 is 11.7 Å². The molecule has 0 aliphatic heterocycles. The Labute approximate surface area is 175 Å². The van der Waals surface area contributed by atoms with E-state index >= 15 is 0 Å². The topological polar surface area (TPSA) is 76.3 Å². The molecule has 1 aromatic carbocycles. The minimum Gasteiger partial charge on any atom is -0.327 e. The number of amides is 1. The molecule has 0 atom stereocenters. The number of fused-ring (bicyclic) bond motifs is 1. The molecule has 0 saturated heterocycles. The zero-order valence-corrected chi connectivity index (χ0v) is 17.4. The highest BCUT2D eigenvalue weighted by atomic mass is 16.2. The quantitative estimate of drug-likeness (QED) is 0.495. The van der Waals surface area contributed by atoms with Gasteiger partial charge < -0.3 is 4.90 Å². The van der Waals surface area contributed by atoms with Crippen LogP contribution in [0.1, 0.15) is 45.6 Å². The minimum absolute atomic E-state index is 0.144. The van der Waals surface area contributed by atoms with Crippen LogP contribution in [0.5, 0.6) is 0 Å². The molecule has 0 spiro atoms. The summed E-state index contributed by atoms with van der Waals surface area (Å²) in [6.45, 7) is 6.83. The van der Waals surface area contributed by atoms with Gasteiger partial charge in [0.25, 0.3) is 11.7 Å². The fourth-order valence-electron chi connectivity index (χ4n) is 3.41. The van der Waals surface area contributed by atoms with Gasteiger partial charge in [0.2, 0.25) is 5.82 Å². The van der Waals surface area contributed by atoms with Crippen LogP contribution in [0.3, 0.4) is 0 Å². The lowest BCUT2D eigenvalue weighted by Crippen LogP contribution is -2.31. The average Bonchev–Trinajstić information content (AvgIpc) is 3.18. The Kier molecular flexibility index (Phi) is 5.52. The Morgan fingerprint density at radius 2 is 1.73 bits per heavy atom. The van der Waals surface area contributed by atoms with Gasteiger partial charge in [-0.05, 0) is 49.1 Å². The summed E-state index contributed by atoms with van der Waals surface area (Å²) in [5.74, 6) is 0.343. The molecule has 152 valence electrons. The van der Waals surface area contributed by atoms with Gasteiger partial charge in [0, 0.05) is 36.9 Å². The first kappa shape index (κ1) is 19.7. The Hall–Kier alpha value is -3.61. The van der Waals surface area contributed by atoms with Crippen LogP contribution in [0.2, 0.25) is 0 Å². The number of carbonyl (C=O) groups excluding carboxylic acids is 1. The molecule has 0 fully saturated rings. The highest BCUT2D eigenvalue weighted by molar-refractivity contribution is 5.90. The van der Waals surface area contributed by atoms with Gasteiger partial charge in [-0.25, -0.2) is 9.50 Å². The molecule has 0 aliphatic rings. The third-order valence-electron chi connectivity index (χ3n) is 5.00. The zero-order chi connectivity index (χ0) is 21.1. The van der Waals surface area contributed by atoms with Gasteiger partial charge >= 0.3 is 0 Å². The summed E-state index contributed by atoms with van der Waals surface area (Å²) in [6.07, 6.45) is 4.47. The van der Waals surface area contributed by atoms with Gasteiger partial charge in [-0.15, -0.1) is 5.10 Å². The smallest absolute Gasteiger partial charge is 0.294 e. The molecule has 7 heteroatoms. The molecule has 0 unspecified atom stereocenters. The van der Waals surface area contributed by atoms with E-state index < -0.39 is 0 Å². The predicted molar refractivity (Wildman–Crippen MR) is 114 cm³/mol. The van der Waals surface area contributed by atoms with Gasteiger partial charge in [-0.2, -0.15) is 4.98 Å². The largest absolute Gasteiger partial charge is 0.327 e. The number of hydrogen-bond acceptors (Lipinski definition) is 5. The van der Waals surface area contributed by atoms with Gasteiger partial charge in [0.1, 0.15) is 0 Å². The minimum atomic E-state index is -0.235. The Morgan fingerprint density at radius 3 is 2.43 bits per heavy atom. The first-order valence-electron chi connectivity index (χ1n) is 10.0. The van der Waals surface area contributed by atoms with Crippen LogP contribution in [0, 0.1) is 13.8 Å². The van der Waals surface area contributed by atoms with E-state index in [0.717, 1.165) is 28.9 Å². The predicted octanol–water partition coefficient (Wildman–Crippen LogP) is 3.54.